The summed E-state index contributed by atoms with van der Waals surface area (Å²) in [6.45, 7) is 1.10. The highest BCUT2D eigenvalue weighted by Crippen LogP contribution is 2.30. The zero-order chi connectivity index (χ0) is 11.0. The Hall–Kier alpha value is -1.02. The predicted molar refractivity (Wildman–Crippen MR) is 67.8 cm³/mol. The van der Waals surface area contributed by atoms with E-state index in [2.05, 4.69) is 41.5 Å². The normalized spacial score (nSPS) is 24.8. The van der Waals surface area contributed by atoms with Crippen molar-refractivity contribution in [3.05, 3.63) is 29.8 Å². The summed E-state index contributed by atoms with van der Waals surface area (Å²) in [5.41, 5.74) is 2.82. The van der Waals surface area contributed by atoms with Crippen LogP contribution in [0, 0.1) is 0 Å². The molecule has 1 aliphatic carbocycles. The molecule has 1 aromatic carbocycles. The van der Waals surface area contributed by atoms with Crippen molar-refractivity contribution in [2.75, 3.05) is 18.9 Å². The smallest absolute Gasteiger partial charge is 0.0373 e. The van der Waals surface area contributed by atoms with Crippen molar-refractivity contribution in [2.45, 2.75) is 37.8 Å². The second-order valence-electron chi connectivity index (χ2n) is 5.13. The maximum Gasteiger partial charge on any atom is 0.0373 e. The summed E-state index contributed by atoms with van der Waals surface area (Å²) < 4.78 is 0. The van der Waals surface area contributed by atoms with E-state index in [1.54, 1.807) is 0 Å². The highest BCUT2D eigenvalue weighted by atomic mass is 15.2. The number of hydrogen-bond donors (Lipinski definition) is 1. The highest BCUT2D eigenvalue weighted by molar-refractivity contribution is 5.52. The van der Waals surface area contributed by atoms with Gasteiger partial charge in [0, 0.05) is 24.3 Å². The van der Waals surface area contributed by atoms with Gasteiger partial charge >= 0.3 is 0 Å². The molecular formula is C14H20N2. The zero-order valence-electron chi connectivity index (χ0n) is 9.95. The second kappa shape index (κ2) is 4.10. The van der Waals surface area contributed by atoms with Crippen LogP contribution in [0.25, 0.3) is 0 Å². The third kappa shape index (κ3) is 1.94. The molecule has 1 heterocycles. The van der Waals surface area contributed by atoms with Gasteiger partial charge in [0.05, 0.1) is 0 Å². The van der Waals surface area contributed by atoms with Crippen LogP contribution < -0.4 is 5.32 Å². The van der Waals surface area contributed by atoms with Gasteiger partial charge in [-0.05, 0) is 44.4 Å². The van der Waals surface area contributed by atoms with E-state index in [9.17, 15) is 0 Å². The van der Waals surface area contributed by atoms with Gasteiger partial charge in [0.25, 0.3) is 0 Å². The molecule has 2 heteroatoms. The summed E-state index contributed by atoms with van der Waals surface area (Å²) >= 11 is 0. The van der Waals surface area contributed by atoms with E-state index in [0.717, 1.165) is 12.6 Å². The number of anilines is 1. The third-order valence-corrected chi connectivity index (χ3v) is 3.99. The van der Waals surface area contributed by atoms with Crippen LogP contribution in [0.15, 0.2) is 24.3 Å². The molecule has 16 heavy (non-hydrogen) atoms. The van der Waals surface area contributed by atoms with Gasteiger partial charge in [-0.2, -0.15) is 0 Å². The molecule has 1 N–H and O–H groups in total. The van der Waals surface area contributed by atoms with Gasteiger partial charge in [-0.3, -0.25) is 4.90 Å². The standard InChI is InChI=1S/C14H20N2/c1-16(12-8-9-12)13-7-6-11-4-2-3-5-14(11)15-10-13/h2-5,12-13,15H,6-10H2,1H3. The summed E-state index contributed by atoms with van der Waals surface area (Å²) in [6.07, 6.45) is 5.31. The van der Waals surface area contributed by atoms with E-state index in [1.165, 1.54) is 36.9 Å². The van der Waals surface area contributed by atoms with E-state index >= 15 is 0 Å². The summed E-state index contributed by atoms with van der Waals surface area (Å²) in [6, 6.07) is 10.3. The summed E-state index contributed by atoms with van der Waals surface area (Å²) in [5, 5.41) is 3.60. The Morgan fingerprint density at radius 1 is 1.12 bits per heavy atom. The molecule has 1 saturated carbocycles. The first-order valence-corrected chi connectivity index (χ1v) is 6.38. The maximum absolute atomic E-state index is 3.60. The molecule has 0 spiro atoms. The van der Waals surface area contributed by atoms with Crippen LogP contribution in [0.3, 0.4) is 0 Å². The number of fused-ring (bicyclic) bond motifs is 1. The van der Waals surface area contributed by atoms with Crippen LogP contribution in [0.1, 0.15) is 24.8 Å². The molecule has 1 atom stereocenters. The van der Waals surface area contributed by atoms with Gasteiger partial charge in [0.1, 0.15) is 0 Å². The minimum Gasteiger partial charge on any atom is -0.383 e. The molecule has 1 aliphatic heterocycles. The SMILES string of the molecule is CN(C1CC1)C1CCc2ccccc2NC1. The molecule has 0 aromatic heterocycles. The Kier molecular flexibility index (Phi) is 2.60. The quantitative estimate of drug-likeness (QED) is 0.817. The Balaban J connectivity index is 1.71. The van der Waals surface area contributed by atoms with E-state index in [4.69, 9.17) is 0 Å². The highest BCUT2D eigenvalue weighted by Gasteiger charge is 2.31. The van der Waals surface area contributed by atoms with Gasteiger partial charge in [-0.25, -0.2) is 0 Å². The number of nitrogens with zero attached hydrogens (tertiary/aromatic N) is 1. The Morgan fingerprint density at radius 2 is 1.94 bits per heavy atom. The molecular weight excluding hydrogens is 196 g/mol. The first kappa shape index (κ1) is 10.2. The Labute approximate surface area is 97.6 Å². The lowest BCUT2D eigenvalue weighted by Crippen LogP contribution is -2.38. The number of aryl methyl sites for hydroxylation is 1. The van der Waals surface area contributed by atoms with Crippen LogP contribution in [0.5, 0.6) is 0 Å². The average Bonchev–Trinajstić information content (AvgIpc) is 3.15. The molecule has 2 aliphatic rings. The number of para-hydroxylation sites is 1. The second-order valence-corrected chi connectivity index (χ2v) is 5.13. The lowest BCUT2D eigenvalue weighted by atomic mass is 10.1. The van der Waals surface area contributed by atoms with Crippen LogP contribution in [0.4, 0.5) is 5.69 Å². The topological polar surface area (TPSA) is 15.3 Å². The molecule has 0 amide bonds. The van der Waals surface area contributed by atoms with Gasteiger partial charge in [-0.1, -0.05) is 18.2 Å². The number of benzene rings is 1. The first-order valence-electron chi connectivity index (χ1n) is 6.38. The van der Waals surface area contributed by atoms with Crippen molar-refractivity contribution in [3.8, 4) is 0 Å². The largest absolute Gasteiger partial charge is 0.383 e. The molecule has 2 nitrogen and oxygen atoms in total. The van der Waals surface area contributed by atoms with Crippen molar-refractivity contribution in [3.63, 3.8) is 0 Å². The van der Waals surface area contributed by atoms with Crippen molar-refractivity contribution in [2.24, 2.45) is 0 Å². The number of nitrogens with one attached hydrogen (secondary N) is 1. The predicted octanol–water partition coefficient (Wildman–Crippen LogP) is 2.51. The lowest BCUT2D eigenvalue weighted by Gasteiger charge is -2.26. The molecule has 0 bridgehead atoms. The summed E-state index contributed by atoms with van der Waals surface area (Å²) in [5.74, 6) is 0. The van der Waals surface area contributed by atoms with Crippen molar-refractivity contribution >= 4 is 5.69 Å². The molecule has 0 saturated heterocycles. The number of rotatable bonds is 2. The molecule has 3 rings (SSSR count). The van der Waals surface area contributed by atoms with Crippen molar-refractivity contribution < 1.29 is 0 Å². The van der Waals surface area contributed by atoms with Crippen LogP contribution >= 0.6 is 0 Å². The maximum atomic E-state index is 3.60. The minimum atomic E-state index is 0.708. The van der Waals surface area contributed by atoms with Gasteiger partial charge < -0.3 is 5.32 Å². The molecule has 86 valence electrons. The fourth-order valence-corrected chi connectivity index (χ4v) is 2.69. The van der Waals surface area contributed by atoms with E-state index in [-0.39, 0.29) is 0 Å². The first-order chi connectivity index (χ1) is 7.84. The summed E-state index contributed by atoms with van der Waals surface area (Å²) in [7, 11) is 2.29. The average molecular weight is 216 g/mol. The zero-order valence-corrected chi connectivity index (χ0v) is 9.95. The van der Waals surface area contributed by atoms with Crippen molar-refractivity contribution in [1.82, 2.24) is 4.90 Å². The molecule has 1 aromatic rings. The minimum absolute atomic E-state index is 0.708. The fourth-order valence-electron chi connectivity index (χ4n) is 2.69. The van der Waals surface area contributed by atoms with Gasteiger partial charge in [-0.15, -0.1) is 0 Å². The molecule has 0 radical (unpaired) electrons. The molecule has 1 fully saturated rings. The van der Waals surface area contributed by atoms with Crippen LogP contribution in [-0.4, -0.2) is 30.6 Å². The van der Waals surface area contributed by atoms with Crippen LogP contribution in [0.2, 0.25) is 0 Å². The van der Waals surface area contributed by atoms with Gasteiger partial charge in [0.15, 0.2) is 0 Å². The monoisotopic (exact) mass is 216 g/mol. The Bertz CT molecular complexity index is 344. The van der Waals surface area contributed by atoms with E-state index in [0.29, 0.717) is 6.04 Å². The number of hydrogen-bond acceptors (Lipinski definition) is 2. The van der Waals surface area contributed by atoms with Crippen LogP contribution in [-0.2, 0) is 6.42 Å². The fraction of sp³-hybridized carbons (Fsp3) is 0.571. The van der Waals surface area contributed by atoms with Crippen molar-refractivity contribution in [1.29, 1.82) is 0 Å². The summed E-state index contributed by atoms with van der Waals surface area (Å²) in [4.78, 5) is 2.58. The van der Waals surface area contributed by atoms with E-state index in [1.807, 2.05) is 0 Å². The van der Waals surface area contributed by atoms with E-state index < -0.39 is 0 Å². The Morgan fingerprint density at radius 3 is 2.75 bits per heavy atom. The lowest BCUT2D eigenvalue weighted by molar-refractivity contribution is 0.232. The molecule has 1 unspecified atom stereocenters. The third-order valence-electron chi connectivity index (χ3n) is 3.99. The number of likely N-dealkylation sites (N-methyl/N-ethyl adjacent to an activating group) is 1. The van der Waals surface area contributed by atoms with Gasteiger partial charge in [0.2, 0.25) is 0 Å².